The number of methoxy groups -OCH3 is 1. The van der Waals surface area contributed by atoms with Crippen molar-refractivity contribution < 1.29 is 14.3 Å². The van der Waals surface area contributed by atoms with Crippen molar-refractivity contribution in [3.05, 3.63) is 61.9 Å². The Balaban J connectivity index is 1.80. The SMILES string of the molecule is COc1ccc2c(Cl)c(C(=O)OCc3ccc(Cl)c(Cl)c3)sc2c1. The highest BCUT2D eigenvalue weighted by molar-refractivity contribution is 7.21. The molecule has 24 heavy (non-hydrogen) atoms. The zero-order valence-corrected chi connectivity index (χ0v) is 15.5. The maximum atomic E-state index is 12.3. The molecule has 3 aromatic rings. The smallest absolute Gasteiger partial charge is 0.350 e. The number of fused-ring (bicyclic) bond motifs is 1. The van der Waals surface area contributed by atoms with Crippen LogP contribution < -0.4 is 4.74 Å². The number of halogens is 3. The standard InChI is InChI=1S/C17H11Cl3O3S/c1-22-10-3-4-11-14(7-10)24-16(15(11)20)17(21)23-8-9-2-5-12(18)13(19)6-9/h2-7H,8H2,1H3. The van der Waals surface area contributed by atoms with Crippen LogP contribution in [0.15, 0.2) is 36.4 Å². The largest absolute Gasteiger partial charge is 0.497 e. The molecule has 124 valence electrons. The van der Waals surface area contributed by atoms with Crippen LogP contribution in [0, 0.1) is 0 Å². The monoisotopic (exact) mass is 400 g/mol. The fourth-order valence-electron chi connectivity index (χ4n) is 2.15. The Hall–Kier alpha value is -1.46. The van der Waals surface area contributed by atoms with Gasteiger partial charge in [0.15, 0.2) is 0 Å². The van der Waals surface area contributed by atoms with Crippen LogP contribution in [0.2, 0.25) is 15.1 Å². The van der Waals surface area contributed by atoms with Gasteiger partial charge in [-0.05, 0) is 35.9 Å². The number of ether oxygens (including phenoxy) is 2. The molecule has 7 heteroatoms. The van der Waals surface area contributed by atoms with Crippen LogP contribution in [0.4, 0.5) is 0 Å². The van der Waals surface area contributed by atoms with Gasteiger partial charge < -0.3 is 9.47 Å². The van der Waals surface area contributed by atoms with Gasteiger partial charge in [-0.25, -0.2) is 4.79 Å². The average molecular weight is 402 g/mol. The summed E-state index contributed by atoms with van der Waals surface area (Å²) in [5.41, 5.74) is 0.747. The zero-order chi connectivity index (χ0) is 17.3. The van der Waals surface area contributed by atoms with Crippen LogP contribution in [0.25, 0.3) is 10.1 Å². The number of thiophene rings is 1. The lowest BCUT2D eigenvalue weighted by Crippen LogP contribution is -2.03. The van der Waals surface area contributed by atoms with Crippen molar-refractivity contribution in [2.24, 2.45) is 0 Å². The molecule has 0 unspecified atom stereocenters. The van der Waals surface area contributed by atoms with Crippen LogP contribution in [0.1, 0.15) is 15.2 Å². The summed E-state index contributed by atoms with van der Waals surface area (Å²) in [6.07, 6.45) is 0. The van der Waals surface area contributed by atoms with Gasteiger partial charge in [0, 0.05) is 10.1 Å². The van der Waals surface area contributed by atoms with E-state index in [1.807, 2.05) is 12.1 Å². The lowest BCUT2D eigenvalue weighted by atomic mass is 10.2. The molecule has 2 aromatic carbocycles. The third-order valence-electron chi connectivity index (χ3n) is 3.38. The van der Waals surface area contributed by atoms with E-state index in [1.165, 1.54) is 11.3 Å². The Morgan fingerprint density at radius 3 is 2.58 bits per heavy atom. The van der Waals surface area contributed by atoms with E-state index in [0.29, 0.717) is 25.7 Å². The summed E-state index contributed by atoms with van der Waals surface area (Å²) in [5.74, 6) is 0.224. The van der Waals surface area contributed by atoms with Crippen molar-refractivity contribution in [3.63, 3.8) is 0 Å². The molecule has 0 saturated heterocycles. The van der Waals surface area contributed by atoms with E-state index in [9.17, 15) is 4.79 Å². The summed E-state index contributed by atoms with van der Waals surface area (Å²) >= 11 is 19.4. The first-order valence-electron chi connectivity index (χ1n) is 6.86. The van der Waals surface area contributed by atoms with Crippen molar-refractivity contribution in [2.45, 2.75) is 6.61 Å². The van der Waals surface area contributed by atoms with Gasteiger partial charge in [0.2, 0.25) is 0 Å². The molecule has 0 atom stereocenters. The van der Waals surface area contributed by atoms with E-state index in [4.69, 9.17) is 44.3 Å². The summed E-state index contributed by atoms with van der Waals surface area (Å²) in [5, 5.41) is 2.05. The summed E-state index contributed by atoms with van der Waals surface area (Å²) in [4.78, 5) is 12.7. The fourth-order valence-corrected chi connectivity index (χ4v) is 3.90. The number of carbonyl (C=O) groups is 1. The van der Waals surface area contributed by atoms with Crippen molar-refractivity contribution in [3.8, 4) is 5.75 Å². The van der Waals surface area contributed by atoms with Crippen LogP contribution in [-0.4, -0.2) is 13.1 Å². The van der Waals surface area contributed by atoms with Gasteiger partial charge in [-0.15, -0.1) is 11.3 Å². The average Bonchev–Trinajstić information content (AvgIpc) is 2.92. The minimum absolute atomic E-state index is 0.0869. The second-order valence-electron chi connectivity index (χ2n) is 4.93. The molecule has 0 radical (unpaired) electrons. The Morgan fingerprint density at radius 2 is 1.88 bits per heavy atom. The fraction of sp³-hybridized carbons (Fsp3) is 0.118. The molecule has 0 aliphatic heterocycles. The van der Waals surface area contributed by atoms with Crippen LogP contribution >= 0.6 is 46.1 Å². The van der Waals surface area contributed by atoms with Crippen molar-refractivity contribution >= 4 is 62.2 Å². The number of rotatable bonds is 4. The van der Waals surface area contributed by atoms with E-state index in [2.05, 4.69) is 0 Å². The first-order chi connectivity index (χ1) is 11.5. The number of esters is 1. The highest BCUT2D eigenvalue weighted by Gasteiger charge is 2.19. The molecular weight excluding hydrogens is 391 g/mol. The molecule has 0 aliphatic carbocycles. The van der Waals surface area contributed by atoms with Gasteiger partial charge in [0.05, 0.1) is 22.2 Å². The molecule has 0 fully saturated rings. The molecule has 0 spiro atoms. The molecule has 1 aromatic heterocycles. The summed E-state index contributed by atoms with van der Waals surface area (Å²) in [6, 6.07) is 10.5. The number of carbonyl (C=O) groups excluding carboxylic acids is 1. The van der Waals surface area contributed by atoms with Gasteiger partial charge in [-0.3, -0.25) is 0 Å². The van der Waals surface area contributed by atoms with E-state index >= 15 is 0 Å². The van der Waals surface area contributed by atoms with E-state index in [1.54, 1.807) is 31.4 Å². The van der Waals surface area contributed by atoms with Gasteiger partial charge in [0.1, 0.15) is 17.2 Å². The molecule has 0 aliphatic rings. The molecule has 0 bridgehead atoms. The topological polar surface area (TPSA) is 35.5 Å². The second-order valence-corrected chi connectivity index (χ2v) is 7.18. The maximum absolute atomic E-state index is 12.3. The number of hydrogen-bond acceptors (Lipinski definition) is 4. The third kappa shape index (κ3) is 3.47. The Kier molecular flexibility index (Phi) is 5.21. The lowest BCUT2D eigenvalue weighted by Gasteiger charge is -2.05. The van der Waals surface area contributed by atoms with Crippen molar-refractivity contribution in [1.29, 1.82) is 0 Å². The van der Waals surface area contributed by atoms with E-state index < -0.39 is 5.97 Å². The Labute approximate surface area is 157 Å². The molecule has 3 nitrogen and oxygen atoms in total. The normalized spacial score (nSPS) is 10.8. The first kappa shape index (κ1) is 17.4. The summed E-state index contributed by atoms with van der Waals surface area (Å²) < 4.78 is 11.4. The quantitative estimate of drug-likeness (QED) is 0.486. The second kappa shape index (κ2) is 7.19. The van der Waals surface area contributed by atoms with E-state index in [-0.39, 0.29) is 6.61 Å². The van der Waals surface area contributed by atoms with Crippen LogP contribution in [0.5, 0.6) is 5.75 Å². The number of benzene rings is 2. The third-order valence-corrected chi connectivity index (χ3v) is 5.75. The molecule has 0 saturated carbocycles. The van der Waals surface area contributed by atoms with Crippen LogP contribution in [-0.2, 0) is 11.3 Å². The molecule has 3 rings (SSSR count). The van der Waals surface area contributed by atoms with Gasteiger partial charge >= 0.3 is 5.97 Å². The summed E-state index contributed by atoms with van der Waals surface area (Å²) in [7, 11) is 1.59. The minimum atomic E-state index is -0.480. The predicted octanol–water partition coefficient (Wildman–Crippen LogP) is 6.23. The van der Waals surface area contributed by atoms with Crippen molar-refractivity contribution in [2.75, 3.05) is 7.11 Å². The predicted molar refractivity (Wildman–Crippen MR) is 99.0 cm³/mol. The van der Waals surface area contributed by atoms with Gasteiger partial charge in [-0.1, -0.05) is 40.9 Å². The number of hydrogen-bond donors (Lipinski definition) is 0. The van der Waals surface area contributed by atoms with Gasteiger partial charge in [-0.2, -0.15) is 0 Å². The summed E-state index contributed by atoms with van der Waals surface area (Å²) in [6.45, 7) is 0.0869. The Morgan fingerprint density at radius 1 is 1.08 bits per heavy atom. The highest BCUT2D eigenvalue weighted by atomic mass is 35.5. The lowest BCUT2D eigenvalue weighted by molar-refractivity contribution is 0.0479. The molecular formula is C17H11Cl3O3S. The maximum Gasteiger partial charge on any atom is 0.350 e. The van der Waals surface area contributed by atoms with Crippen LogP contribution in [0.3, 0.4) is 0 Å². The van der Waals surface area contributed by atoms with Crippen molar-refractivity contribution in [1.82, 2.24) is 0 Å². The first-order valence-corrected chi connectivity index (χ1v) is 8.81. The molecule has 1 heterocycles. The molecule has 0 N–H and O–H groups in total. The Bertz CT molecular complexity index is 921. The van der Waals surface area contributed by atoms with E-state index in [0.717, 1.165) is 15.6 Å². The highest BCUT2D eigenvalue weighted by Crippen LogP contribution is 2.37. The zero-order valence-electron chi connectivity index (χ0n) is 12.4. The minimum Gasteiger partial charge on any atom is -0.497 e. The molecule has 0 amide bonds. The van der Waals surface area contributed by atoms with Gasteiger partial charge in [0.25, 0.3) is 0 Å².